The van der Waals surface area contributed by atoms with E-state index in [-0.39, 0.29) is 18.8 Å². The monoisotopic (exact) mass is 265 g/mol. The Morgan fingerprint density at radius 2 is 2.26 bits per heavy atom. The van der Waals surface area contributed by atoms with Crippen LogP contribution in [-0.4, -0.2) is 32.3 Å². The van der Waals surface area contributed by atoms with Crippen LogP contribution in [0.25, 0.3) is 0 Å². The Labute approximate surface area is 112 Å². The third-order valence-corrected chi connectivity index (χ3v) is 3.21. The summed E-state index contributed by atoms with van der Waals surface area (Å²) in [6, 6.07) is 5.64. The van der Waals surface area contributed by atoms with Crippen LogP contribution >= 0.6 is 0 Å². The highest BCUT2D eigenvalue weighted by Crippen LogP contribution is 2.38. The highest BCUT2D eigenvalue weighted by molar-refractivity contribution is 5.70. The zero-order chi connectivity index (χ0) is 13.8. The maximum atomic E-state index is 11.1. The quantitative estimate of drug-likeness (QED) is 0.810. The molecule has 1 aromatic rings. The Hall–Kier alpha value is -1.59. The van der Waals surface area contributed by atoms with Crippen molar-refractivity contribution in [2.75, 3.05) is 20.3 Å². The van der Waals surface area contributed by atoms with Crippen LogP contribution in [0.2, 0.25) is 0 Å². The van der Waals surface area contributed by atoms with Gasteiger partial charge in [-0.05, 0) is 25.0 Å². The van der Waals surface area contributed by atoms with Crippen molar-refractivity contribution < 1.29 is 19.0 Å². The Kier molecular flexibility index (Phi) is 4.39. The molecule has 2 rings (SSSR count). The lowest BCUT2D eigenvalue weighted by atomic mass is 10.1. The number of hydrogen-bond donors (Lipinski definition) is 1. The second-order valence-corrected chi connectivity index (χ2v) is 4.43. The summed E-state index contributed by atoms with van der Waals surface area (Å²) >= 11 is 0. The van der Waals surface area contributed by atoms with E-state index in [1.165, 1.54) is 7.11 Å². The fourth-order valence-electron chi connectivity index (χ4n) is 2.36. The second kappa shape index (κ2) is 6.04. The van der Waals surface area contributed by atoms with Gasteiger partial charge in [0.05, 0.1) is 19.8 Å². The summed E-state index contributed by atoms with van der Waals surface area (Å²) < 4.78 is 15.7. The van der Waals surface area contributed by atoms with Crippen molar-refractivity contribution >= 4 is 5.97 Å². The van der Waals surface area contributed by atoms with Gasteiger partial charge in [-0.1, -0.05) is 12.1 Å². The minimum atomic E-state index is -0.401. The van der Waals surface area contributed by atoms with Gasteiger partial charge in [-0.25, -0.2) is 4.79 Å². The molecule has 0 heterocycles. The standard InChI is InChI=1S/C14H19NO4/c1-3-18-12-6-4-5-9-10(12)7-11(15)14(9)19-8-13(16)17-2/h4-6,11,14H,3,7-8,15H2,1-2H3. The summed E-state index contributed by atoms with van der Waals surface area (Å²) in [6.45, 7) is 2.46. The molecule has 1 aromatic carbocycles. The summed E-state index contributed by atoms with van der Waals surface area (Å²) in [5.41, 5.74) is 8.17. The van der Waals surface area contributed by atoms with Crippen LogP contribution in [0.5, 0.6) is 5.75 Å². The lowest BCUT2D eigenvalue weighted by molar-refractivity contribution is -0.148. The van der Waals surface area contributed by atoms with Gasteiger partial charge in [0.1, 0.15) is 12.4 Å². The van der Waals surface area contributed by atoms with Gasteiger partial charge < -0.3 is 19.9 Å². The first-order valence-corrected chi connectivity index (χ1v) is 6.36. The number of esters is 1. The summed E-state index contributed by atoms with van der Waals surface area (Å²) in [6.07, 6.45) is 0.409. The number of methoxy groups -OCH3 is 1. The molecule has 0 radical (unpaired) electrons. The average molecular weight is 265 g/mol. The molecule has 1 aliphatic carbocycles. The van der Waals surface area contributed by atoms with E-state index >= 15 is 0 Å². The molecular formula is C14H19NO4. The van der Waals surface area contributed by atoms with E-state index in [0.29, 0.717) is 13.0 Å². The Bertz CT molecular complexity index is 461. The predicted molar refractivity (Wildman–Crippen MR) is 70.0 cm³/mol. The summed E-state index contributed by atoms with van der Waals surface area (Å²) in [7, 11) is 1.33. The lowest BCUT2D eigenvalue weighted by Gasteiger charge is -2.17. The molecule has 19 heavy (non-hydrogen) atoms. The van der Waals surface area contributed by atoms with E-state index in [1.807, 2.05) is 25.1 Å². The largest absolute Gasteiger partial charge is 0.494 e. The van der Waals surface area contributed by atoms with Crippen molar-refractivity contribution in [1.82, 2.24) is 0 Å². The number of fused-ring (bicyclic) bond motifs is 1. The topological polar surface area (TPSA) is 70.8 Å². The van der Waals surface area contributed by atoms with E-state index in [1.54, 1.807) is 0 Å². The van der Waals surface area contributed by atoms with Crippen LogP contribution in [-0.2, 0) is 20.7 Å². The molecule has 0 spiro atoms. The van der Waals surface area contributed by atoms with E-state index in [9.17, 15) is 4.79 Å². The molecule has 2 atom stereocenters. The maximum Gasteiger partial charge on any atom is 0.331 e. The fourth-order valence-corrected chi connectivity index (χ4v) is 2.36. The number of ether oxygens (including phenoxy) is 3. The molecule has 0 fully saturated rings. The molecule has 2 N–H and O–H groups in total. The van der Waals surface area contributed by atoms with E-state index in [0.717, 1.165) is 16.9 Å². The molecule has 0 aliphatic heterocycles. The van der Waals surface area contributed by atoms with Crippen molar-refractivity contribution in [3.05, 3.63) is 29.3 Å². The highest BCUT2D eigenvalue weighted by Gasteiger charge is 2.33. The van der Waals surface area contributed by atoms with Crippen LogP contribution in [0.15, 0.2) is 18.2 Å². The summed E-state index contributed by atoms with van der Waals surface area (Å²) in [4.78, 5) is 11.1. The molecule has 5 nitrogen and oxygen atoms in total. The van der Waals surface area contributed by atoms with E-state index in [2.05, 4.69) is 4.74 Å². The summed E-state index contributed by atoms with van der Waals surface area (Å²) in [5.74, 6) is 0.446. The van der Waals surface area contributed by atoms with Crippen molar-refractivity contribution in [2.24, 2.45) is 5.73 Å². The van der Waals surface area contributed by atoms with Crippen molar-refractivity contribution in [2.45, 2.75) is 25.5 Å². The van der Waals surface area contributed by atoms with Crippen LogP contribution in [0, 0.1) is 0 Å². The molecule has 0 aromatic heterocycles. The highest BCUT2D eigenvalue weighted by atomic mass is 16.6. The first kappa shape index (κ1) is 13.8. The molecule has 1 aliphatic rings. The molecule has 0 bridgehead atoms. The Morgan fingerprint density at radius 1 is 1.47 bits per heavy atom. The molecular weight excluding hydrogens is 246 g/mol. The van der Waals surface area contributed by atoms with Gasteiger partial charge in [-0.3, -0.25) is 0 Å². The number of rotatable bonds is 5. The minimum absolute atomic E-state index is 0.0901. The van der Waals surface area contributed by atoms with Crippen molar-refractivity contribution in [1.29, 1.82) is 0 Å². The average Bonchev–Trinajstić information content (AvgIpc) is 2.73. The molecule has 104 valence electrons. The smallest absolute Gasteiger partial charge is 0.331 e. The third-order valence-electron chi connectivity index (χ3n) is 3.21. The minimum Gasteiger partial charge on any atom is -0.494 e. The van der Waals surface area contributed by atoms with E-state index in [4.69, 9.17) is 15.2 Å². The number of nitrogens with two attached hydrogens (primary N) is 1. The van der Waals surface area contributed by atoms with Gasteiger partial charge >= 0.3 is 5.97 Å². The zero-order valence-corrected chi connectivity index (χ0v) is 11.2. The zero-order valence-electron chi connectivity index (χ0n) is 11.2. The van der Waals surface area contributed by atoms with Crippen molar-refractivity contribution in [3.8, 4) is 5.75 Å². The van der Waals surface area contributed by atoms with Gasteiger partial charge in [0.15, 0.2) is 0 Å². The molecule has 5 heteroatoms. The van der Waals surface area contributed by atoms with Crippen LogP contribution in [0.1, 0.15) is 24.2 Å². The number of hydrogen-bond acceptors (Lipinski definition) is 5. The van der Waals surface area contributed by atoms with Gasteiger partial charge in [0.2, 0.25) is 0 Å². The number of carbonyl (C=O) groups excluding carboxylic acids is 1. The molecule has 0 saturated heterocycles. The van der Waals surface area contributed by atoms with Gasteiger partial charge in [-0.15, -0.1) is 0 Å². The summed E-state index contributed by atoms with van der Waals surface area (Å²) in [5, 5.41) is 0. The Morgan fingerprint density at radius 3 is 2.95 bits per heavy atom. The normalized spacial score (nSPS) is 21.0. The van der Waals surface area contributed by atoms with E-state index < -0.39 is 5.97 Å². The van der Waals surface area contributed by atoms with Gasteiger partial charge in [0, 0.05) is 11.6 Å². The van der Waals surface area contributed by atoms with Crippen LogP contribution in [0.4, 0.5) is 0 Å². The second-order valence-electron chi connectivity index (χ2n) is 4.43. The van der Waals surface area contributed by atoms with Crippen LogP contribution in [0.3, 0.4) is 0 Å². The Balaban J connectivity index is 2.17. The maximum absolute atomic E-state index is 11.1. The van der Waals surface area contributed by atoms with Crippen LogP contribution < -0.4 is 10.5 Å². The van der Waals surface area contributed by atoms with Gasteiger partial charge in [-0.2, -0.15) is 0 Å². The molecule has 2 unspecified atom stereocenters. The molecule has 0 amide bonds. The third kappa shape index (κ3) is 2.88. The first-order valence-electron chi connectivity index (χ1n) is 6.36. The number of benzene rings is 1. The van der Waals surface area contributed by atoms with Crippen molar-refractivity contribution in [3.63, 3.8) is 0 Å². The predicted octanol–water partition coefficient (Wildman–Crippen LogP) is 1.20. The molecule has 0 saturated carbocycles. The first-order chi connectivity index (χ1) is 9.17. The number of carbonyl (C=O) groups is 1. The SMILES string of the molecule is CCOc1cccc2c1CC(N)C2OCC(=O)OC. The fraction of sp³-hybridized carbons (Fsp3) is 0.500. The lowest BCUT2D eigenvalue weighted by Crippen LogP contribution is -2.28. The van der Waals surface area contributed by atoms with Gasteiger partial charge in [0.25, 0.3) is 0 Å².